The molecule has 1 aliphatic heterocycles. The molecule has 4 aromatic rings. The van der Waals surface area contributed by atoms with Gasteiger partial charge in [0.25, 0.3) is 0 Å². The molecule has 206 valence electrons. The van der Waals surface area contributed by atoms with Crippen molar-refractivity contribution >= 4 is 38.9 Å². The molecular formula is C29H36N6O3S. The van der Waals surface area contributed by atoms with Crippen molar-refractivity contribution in [3.05, 3.63) is 47.1 Å². The Morgan fingerprint density at radius 2 is 1.95 bits per heavy atom. The van der Waals surface area contributed by atoms with Gasteiger partial charge in [-0.3, -0.25) is 0 Å². The Kier molecular flexibility index (Phi) is 8.15. The molecule has 5 rings (SSSR count). The first kappa shape index (κ1) is 27.1. The molecule has 39 heavy (non-hydrogen) atoms. The van der Waals surface area contributed by atoms with Crippen molar-refractivity contribution in [3.63, 3.8) is 0 Å². The number of aliphatic hydroxyl groups excluding tert-OH is 1. The highest BCUT2D eigenvalue weighted by Gasteiger charge is 2.22. The maximum Gasteiger partial charge on any atom is 0.227 e. The smallest absolute Gasteiger partial charge is 0.227 e. The summed E-state index contributed by atoms with van der Waals surface area (Å²) < 4.78 is 12.9. The van der Waals surface area contributed by atoms with Crippen LogP contribution in [0.2, 0.25) is 0 Å². The Bertz CT molecular complexity index is 1450. The number of likely N-dealkylation sites (N-methyl/N-ethyl adjacent to an activating group) is 1. The van der Waals surface area contributed by atoms with E-state index in [4.69, 9.17) is 14.5 Å². The fraction of sp³-hybridized carbons (Fsp3) is 0.414. The Balaban J connectivity index is 1.54. The average molecular weight is 549 g/mol. The third-order valence-corrected chi connectivity index (χ3v) is 7.82. The van der Waals surface area contributed by atoms with Crippen molar-refractivity contribution in [2.75, 3.05) is 50.1 Å². The lowest BCUT2D eigenvalue weighted by molar-refractivity contribution is 0.243. The van der Waals surface area contributed by atoms with Gasteiger partial charge in [-0.1, -0.05) is 0 Å². The number of fused-ring (bicyclic) bond motifs is 1. The summed E-state index contributed by atoms with van der Waals surface area (Å²) in [7, 11) is 2.16. The molecule has 0 spiro atoms. The average Bonchev–Trinajstić information content (AvgIpc) is 3.29. The Hall–Kier alpha value is -3.47. The number of aryl methyl sites for hydroxylation is 1. The molecule has 10 heteroatoms. The molecule has 0 bridgehead atoms. The van der Waals surface area contributed by atoms with Crippen molar-refractivity contribution in [1.82, 2.24) is 19.9 Å². The number of hydrogen-bond donors (Lipinski definition) is 2. The van der Waals surface area contributed by atoms with E-state index in [0.29, 0.717) is 18.4 Å². The molecule has 0 radical (unpaired) electrons. The zero-order chi connectivity index (χ0) is 27.5. The van der Waals surface area contributed by atoms with Crippen LogP contribution in [0, 0.1) is 6.92 Å². The first-order valence-corrected chi connectivity index (χ1v) is 14.2. The van der Waals surface area contributed by atoms with Gasteiger partial charge >= 0.3 is 0 Å². The molecule has 1 aromatic carbocycles. The quantitative estimate of drug-likeness (QED) is 0.291. The van der Waals surface area contributed by atoms with Crippen LogP contribution in [-0.4, -0.2) is 70.9 Å². The fourth-order valence-electron chi connectivity index (χ4n) is 4.86. The molecule has 9 nitrogen and oxygen atoms in total. The molecule has 1 fully saturated rings. The molecule has 0 unspecified atom stereocenters. The SMILES string of the molecule is CCOc1ncccc1-c1c(CO)sc2cnc(Nc3cc(C)c(N4CCN(C)CC4)cc3OC(C)C)nc12. The summed E-state index contributed by atoms with van der Waals surface area (Å²) in [6.45, 7) is 12.5. The summed E-state index contributed by atoms with van der Waals surface area (Å²) in [5.41, 5.74) is 5.53. The summed E-state index contributed by atoms with van der Waals surface area (Å²) >= 11 is 1.47. The minimum Gasteiger partial charge on any atom is -0.489 e. The van der Waals surface area contributed by atoms with E-state index >= 15 is 0 Å². The number of aliphatic hydroxyl groups is 1. The zero-order valence-corrected chi connectivity index (χ0v) is 24.0. The summed E-state index contributed by atoms with van der Waals surface area (Å²) in [5, 5.41) is 13.6. The maximum absolute atomic E-state index is 10.2. The lowest BCUT2D eigenvalue weighted by Crippen LogP contribution is -2.44. The number of nitrogens with zero attached hydrogens (tertiary/aromatic N) is 5. The van der Waals surface area contributed by atoms with Crippen molar-refractivity contribution in [2.24, 2.45) is 0 Å². The van der Waals surface area contributed by atoms with Gasteiger partial charge in [0.15, 0.2) is 0 Å². The normalized spacial score (nSPS) is 14.3. The molecule has 0 atom stereocenters. The molecule has 4 heterocycles. The molecule has 0 saturated carbocycles. The molecule has 1 aliphatic rings. The van der Waals surface area contributed by atoms with E-state index in [0.717, 1.165) is 69.4 Å². The van der Waals surface area contributed by atoms with Crippen LogP contribution in [-0.2, 0) is 6.61 Å². The van der Waals surface area contributed by atoms with Crippen molar-refractivity contribution in [3.8, 4) is 22.8 Å². The second-order valence-electron chi connectivity index (χ2n) is 9.97. The van der Waals surface area contributed by atoms with Crippen LogP contribution in [0.1, 0.15) is 31.2 Å². The summed E-state index contributed by atoms with van der Waals surface area (Å²) in [6, 6.07) is 8.05. The molecule has 2 N–H and O–H groups in total. The van der Waals surface area contributed by atoms with E-state index in [1.54, 1.807) is 12.4 Å². The van der Waals surface area contributed by atoms with E-state index in [-0.39, 0.29) is 12.7 Å². The third-order valence-electron chi connectivity index (χ3n) is 6.72. The number of anilines is 3. The minimum atomic E-state index is -0.112. The second-order valence-corrected chi connectivity index (χ2v) is 11.1. The highest BCUT2D eigenvalue weighted by molar-refractivity contribution is 7.19. The number of piperazine rings is 1. The van der Waals surface area contributed by atoms with Crippen LogP contribution < -0.4 is 19.7 Å². The van der Waals surface area contributed by atoms with E-state index in [9.17, 15) is 5.11 Å². The number of thiophene rings is 1. The number of pyridine rings is 1. The Morgan fingerprint density at radius 1 is 1.15 bits per heavy atom. The van der Waals surface area contributed by atoms with Gasteiger partial charge in [-0.05, 0) is 58.5 Å². The zero-order valence-electron chi connectivity index (χ0n) is 23.2. The summed E-state index contributed by atoms with van der Waals surface area (Å²) in [5.74, 6) is 1.74. The van der Waals surface area contributed by atoms with Gasteiger partial charge in [0.1, 0.15) is 5.75 Å². The predicted octanol–water partition coefficient (Wildman–Crippen LogP) is 5.24. The number of nitrogens with one attached hydrogen (secondary N) is 1. The van der Waals surface area contributed by atoms with Gasteiger partial charge in [0.2, 0.25) is 11.8 Å². The minimum absolute atomic E-state index is 0.00940. The summed E-state index contributed by atoms with van der Waals surface area (Å²) in [6.07, 6.45) is 3.51. The van der Waals surface area contributed by atoms with Crippen LogP contribution in [0.3, 0.4) is 0 Å². The highest BCUT2D eigenvalue weighted by atomic mass is 32.1. The first-order valence-electron chi connectivity index (χ1n) is 13.4. The van der Waals surface area contributed by atoms with E-state index in [1.807, 2.05) is 32.9 Å². The van der Waals surface area contributed by atoms with Crippen LogP contribution in [0.15, 0.2) is 36.7 Å². The molecule has 0 amide bonds. The monoisotopic (exact) mass is 548 g/mol. The third kappa shape index (κ3) is 5.78. The molecular weight excluding hydrogens is 512 g/mol. The number of benzene rings is 1. The molecule has 1 saturated heterocycles. The summed E-state index contributed by atoms with van der Waals surface area (Å²) in [4.78, 5) is 19.5. The number of hydrogen-bond acceptors (Lipinski definition) is 10. The van der Waals surface area contributed by atoms with Gasteiger partial charge in [-0.15, -0.1) is 11.3 Å². The lowest BCUT2D eigenvalue weighted by atomic mass is 10.1. The van der Waals surface area contributed by atoms with Crippen molar-refractivity contribution in [1.29, 1.82) is 0 Å². The Labute approximate surface area is 233 Å². The lowest BCUT2D eigenvalue weighted by Gasteiger charge is -2.35. The predicted molar refractivity (Wildman–Crippen MR) is 158 cm³/mol. The second kappa shape index (κ2) is 11.7. The number of ether oxygens (including phenoxy) is 2. The van der Waals surface area contributed by atoms with Crippen molar-refractivity contribution < 1.29 is 14.6 Å². The van der Waals surface area contributed by atoms with Gasteiger partial charge < -0.3 is 29.7 Å². The number of aromatic nitrogens is 3. The number of rotatable bonds is 9. The standard InChI is InChI=1S/C29H36N6O3S/c1-6-37-28-20(8-7-9-30-28)26-25(17-36)39-24-16-31-29(33-27(24)26)32-21-14-19(4)22(15-23(21)38-18(2)3)35-12-10-34(5)11-13-35/h7-9,14-16,18,36H,6,10-13,17H2,1-5H3,(H,31,32,33). The largest absolute Gasteiger partial charge is 0.489 e. The van der Waals surface area contributed by atoms with E-state index in [2.05, 4.69) is 51.2 Å². The van der Waals surface area contributed by atoms with Gasteiger partial charge in [0, 0.05) is 60.1 Å². The van der Waals surface area contributed by atoms with E-state index < -0.39 is 0 Å². The topological polar surface area (TPSA) is 95.9 Å². The fourth-order valence-corrected chi connectivity index (χ4v) is 5.85. The van der Waals surface area contributed by atoms with Gasteiger partial charge in [-0.2, -0.15) is 0 Å². The van der Waals surface area contributed by atoms with Crippen molar-refractivity contribution in [2.45, 2.75) is 40.4 Å². The van der Waals surface area contributed by atoms with Crippen LogP contribution >= 0.6 is 11.3 Å². The van der Waals surface area contributed by atoms with Crippen LogP contribution in [0.25, 0.3) is 21.3 Å². The van der Waals surface area contributed by atoms with Crippen LogP contribution in [0.5, 0.6) is 11.6 Å². The van der Waals surface area contributed by atoms with Gasteiger partial charge in [0.05, 0.1) is 41.4 Å². The first-order chi connectivity index (χ1) is 18.9. The molecule has 0 aliphatic carbocycles. The molecule has 3 aromatic heterocycles. The highest BCUT2D eigenvalue weighted by Crippen LogP contribution is 2.42. The Morgan fingerprint density at radius 3 is 2.67 bits per heavy atom. The maximum atomic E-state index is 10.2. The van der Waals surface area contributed by atoms with Crippen LogP contribution in [0.4, 0.5) is 17.3 Å². The van der Waals surface area contributed by atoms with Gasteiger partial charge in [-0.25, -0.2) is 15.0 Å². The van der Waals surface area contributed by atoms with E-state index in [1.165, 1.54) is 17.0 Å².